The normalized spacial score (nSPS) is 13.1. The third kappa shape index (κ3) is 4.38. The zero-order valence-electron chi connectivity index (χ0n) is 20.3. The second-order valence-corrected chi connectivity index (χ2v) is 17.2. The maximum atomic E-state index is 13.5. The first-order chi connectivity index (χ1) is 15.2. The third-order valence-corrected chi connectivity index (χ3v) is 12.1. The van der Waals surface area contributed by atoms with E-state index >= 15 is 0 Å². The van der Waals surface area contributed by atoms with E-state index < -0.39 is 20.0 Å². The molecule has 4 aromatic rings. The van der Waals surface area contributed by atoms with Crippen LogP contribution in [0.3, 0.4) is 0 Å². The summed E-state index contributed by atoms with van der Waals surface area (Å²) in [6.07, 6.45) is -0.453. The smallest absolute Gasteiger partial charge is 0.419 e. The Morgan fingerprint density at radius 1 is 1.15 bits per heavy atom. The van der Waals surface area contributed by atoms with Gasteiger partial charge in [-0.1, -0.05) is 20.8 Å². The number of fused-ring (bicyclic) bond motifs is 2. The van der Waals surface area contributed by atoms with Gasteiger partial charge in [0.15, 0.2) is 0 Å². The first-order valence-electron chi connectivity index (χ1n) is 10.9. The number of benzene rings is 1. The third-order valence-electron chi connectivity index (χ3n) is 6.03. The van der Waals surface area contributed by atoms with Gasteiger partial charge in [0.1, 0.15) is 17.0 Å². The molecule has 1 aromatic carbocycles. The number of rotatable bonds is 3. The Bertz CT molecular complexity index is 1360. The molecule has 0 bridgehead atoms. The van der Waals surface area contributed by atoms with Crippen LogP contribution >= 0.6 is 27.3 Å². The zero-order valence-corrected chi connectivity index (χ0v) is 23.7. The molecule has 6 nitrogen and oxygen atoms in total. The molecule has 0 saturated heterocycles. The number of carbonyl (C=O) groups is 1. The molecule has 9 heteroatoms. The summed E-state index contributed by atoms with van der Waals surface area (Å²) >= 11 is 5.34. The lowest BCUT2D eigenvalue weighted by molar-refractivity contribution is 0.0547. The summed E-state index contributed by atoms with van der Waals surface area (Å²) in [5.41, 5.74) is 2.38. The molecule has 0 aliphatic carbocycles. The Morgan fingerprint density at radius 3 is 2.48 bits per heavy atom. The summed E-state index contributed by atoms with van der Waals surface area (Å²) in [6.45, 7) is 16.6. The Morgan fingerprint density at radius 2 is 1.85 bits per heavy atom. The molecular formula is C24H30BrN3O3SSi. The van der Waals surface area contributed by atoms with Crippen LogP contribution < -0.4 is 4.43 Å². The van der Waals surface area contributed by atoms with Crippen LogP contribution in [-0.2, 0) is 4.74 Å². The molecule has 3 aromatic heterocycles. The fourth-order valence-electron chi connectivity index (χ4n) is 3.35. The number of nitrogens with zero attached hydrogens (tertiary/aromatic N) is 2. The number of nitrogens with one attached hydrogen (secondary N) is 1. The molecular weight excluding hydrogens is 518 g/mol. The Balaban J connectivity index is 1.95. The monoisotopic (exact) mass is 547 g/mol. The Hall–Kier alpha value is -2.10. The molecule has 0 spiro atoms. The van der Waals surface area contributed by atoms with Crippen LogP contribution in [0.4, 0.5) is 4.79 Å². The minimum absolute atomic E-state index is 0.0562. The van der Waals surface area contributed by atoms with Gasteiger partial charge in [0.2, 0.25) is 8.32 Å². The summed E-state index contributed by atoms with van der Waals surface area (Å²) < 4.78 is 15.7. The van der Waals surface area contributed by atoms with E-state index in [4.69, 9.17) is 9.16 Å². The predicted octanol–water partition coefficient (Wildman–Crippen LogP) is 8.18. The van der Waals surface area contributed by atoms with Gasteiger partial charge in [-0.2, -0.15) is 5.10 Å². The van der Waals surface area contributed by atoms with Crippen LogP contribution in [0.5, 0.6) is 5.75 Å². The Labute approximate surface area is 207 Å². The van der Waals surface area contributed by atoms with E-state index in [1.807, 2.05) is 50.4 Å². The summed E-state index contributed by atoms with van der Waals surface area (Å²) in [7, 11) is -2.06. The molecule has 4 rings (SSSR count). The zero-order chi connectivity index (χ0) is 24.3. The molecule has 0 atom stereocenters. The van der Waals surface area contributed by atoms with Gasteiger partial charge in [-0.3, -0.25) is 5.10 Å². The van der Waals surface area contributed by atoms with Gasteiger partial charge in [-0.25, -0.2) is 9.36 Å². The van der Waals surface area contributed by atoms with Crippen molar-refractivity contribution >= 4 is 62.8 Å². The first-order valence-corrected chi connectivity index (χ1v) is 15.5. The fourth-order valence-corrected chi connectivity index (χ4v) is 5.91. The van der Waals surface area contributed by atoms with Gasteiger partial charge < -0.3 is 9.16 Å². The van der Waals surface area contributed by atoms with Crippen molar-refractivity contribution in [1.29, 1.82) is 0 Å². The average molecular weight is 549 g/mol. The number of H-pyrrole nitrogens is 1. The molecule has 33 heavy (non-hydrogen) atoms. The molecule has 0 unspecified atom stereocenters. The number of carbonyl (C=O) groups excluding carboxylic acids is 1. The number of hydrogen-bond donors (Lipinski definition) is 1. The first kappa shape index (κ1) is 24.0. The van der Waals surface area contributed by atoms with Crippen molar-refractivity contribution in [1.82, 2.24) is 14.8 Å². The van der Waals surface area contributed by atoms with Crippen molar-refractivity contribution in [3.8, 4) is 17.1 Å². The second-order valence-electron chi connectivity index (χ2n) is 10.8. The summed E-state index contributed by atoms with van der Waals surface area (Å²) in [5.74, 6) is 0.749. The number of aromatic amines is 1. The van der Waals surface area contributed by atoms with E-state index in [0.29, 0.717) is 11.4 Å². The lowest BCUT2D eigenvalue weighted by Gasteiger charge is -2.36. The van der Waals surface area contributed by atoms with E-state index in [1.54, 1.807) is 15.9 Å². The number of halogens is 1. The number of thiophene rings is 1. The van der Waals surface area contributed by atoms with Gasteiger partial charge in [0.05, 0.1) is 25.9 Å². The molecule has 0 saturated carbocycles. The van der Waals surface area contributed by atoms with E-state index in [0.717, 1.165) is 31.3 Å². The molecule has 0 radical (unpaired) electrons. The van der Waals surface area contributed by atoms with Gasteiger partial charge in [0.25, 0.3) is 0 Å². The van der Waals surface area contributed by atoms with Gasteiger partial charge in [-0.15, -0.1) is 11.3 Å². The predicted molar refractivity (Wildman–Crippen MR) is 142 cm³/mol. The van der Waals surface area contributed by atoms with Crippen LogP contribution in [0.25, 0.3) is 32.5 Å². The van der Waals surface area contributed by atoms with Crippen molar-refractivity contribution in [3.63, 3.8) is 0 Å². The largest absolute Gasteiger partial charge is 0.543 e. The number of aromatic nitrogens is 3. The quantitative estimate of drug-likeness (QED) is 0.262. The highest BCUT2D eigenvalue weighted by atomic mass is 79.9. The van der Waals surface area contributed by atoms with Crippen LogP contribution in [0.1, 0.15) is 41.5 Å². The van der Waals surface area contributed by atoms with Crippen molar-refractivity contribution in [3.05, 3.63) is 34.1 Å². The molecule has 0 aliphatic rings. The maximum absolute atomic E-state index is 13.5. The SMILES string of the molecule is CC(C)(C)OC(=O)n1c(-c2n[nH]c3ccsc23)c(Br)c2ccc(O[Si](C)(C)C(C)(C)C)cc21. The molecule has 176 valence electrons. The van der Waals surface area contributed by atoms with E-state index in [2.05, 4.69) is 60.0 Å². The molecule has 3 heterocycles. The average Bonchev–Trinajstić information content (AvgIpc) is 3.32. The lowest BCUT2D eigenvalue weighted by Crippen LogP contribution is -2.43. The van der Waals surface area contributed by atoms with E-state index in [1.165, 1.54) is 0 Å². The molecule has 1 N–H and O–H groups in total. The Kier molecular flexibility index (Phi) is 5.82. The highest BCUT2D eigenvalue weighted by Crippen LogP contribution is 2.43. The summed E-state index contributed by atoms with van der Waals surface area (Å²) in [5, 5.41) is 10.6. The van der Waals surface area contributed by atoms with Crippen LogP contribution in [0.15, 0.2) is 34.1 Å². The van der Waals surface area contributed by atoms with Gasteiger partial charge in [-0.05, 0) is 78.4 Å². The molecule has 0 fully saturated rings. The topological polar surface area (TPSA) is 69.1 Å². The molecule has 0 amide bonds. The minimum atomic E-state index is -2.06. The maximum Gasteiger partial charge on any atom is 0.419 e. The van der Waals surface area contributed by atoms with Crippen LogP contribution in [0, 0.1) is 0 Å². The molecule has 0 aliphatic heterocycles. The number of hydrogen-bond acceptors (Lipinski definition) is 5. The van der Waals surface area contributed by atoms with Crippen LogP contribution in [0.2, 0.25) is 18.1 Å². The van der Waals surface area contributed by atoms with Crippen molar-refractivity contribution in [2.75, 3.05) is 0 Å². The lowest BCUT2D eigenvalue weighted by atomic mass is 10.2. The van der Waals surface area contributed by atoms with Gasteiger partial charge >= 0.3 is 6.09 Å². The van der Waals surface area contributed by atoms with Gasteiger partial charge in [0, 0.05) is 11.5 Å². The van der Waals surface area contributed by atoms with E-state index in [-0.39, 0.29) is 5.04 Å². The second kappa shape index (κ2) is 7.99. The van der Waals surface area contributed by atoms with Crippen molar-refractivity contribution in [2.24, 2.45) is 0 Å². The highest BCUT2D eigenvalue weighted by molar-refractivity contribution is 9.10. The van der Waals surface area contributed by atoms with Crippen LogP contribution in [-0.4, -0.2) is 34.8 Å². The van der Waals surface area contributed by atoms with Crippen molar-refractivity contribution < 1.29 is 14.0 Å². The summed E-state index contributed by atoms with van der Waals surface area (Å²) in [6, 6.07) is 7.88. The standard InChI is InChI=1S/C24H30BrN3O3SSi/c1-23(2,3)30-22(29)28-17-13-14(31-33(7,8)24(4,5)6)9-10-15(17)18(25)20(28)19-21-16(26-27-19)11-12-32-21/h9-13H,1-8H3,(H,26,27). The fraction of sp³-hybridized carbons (Fsp3) is 0.417. The highest BCUT2D eigenvalue weighted by Gasteiger charge is 2.39. The minimum Gasteiger partial charge on any atom is -0.543 e. The number of ether oxygens (including phenoxy) is 1. The van der Waals surface area contributed by atoms with Crippen molar-refractivity contribution in [2.45, 2.75) is 65.3 Å². The summed E-state index contributed by atoms with van der Waals surface area (Å²) in [4.78, 5) is 13.5. The van der Waals surface area contributed by atoms with E-state index in [9.17, 15) is 4.79 Å².